The Morgan fingerprint density at radius 1 is 1.30 bits per heavy atom. The second kappa shape index (κ2) is 7.63. The predicted octanol–water partition coefficient (Wildman–Crippen LogP) is 0.654. The lowest BCUT2D eigenvalue weighted by Crippen LogP contribution is -2.37. The number of sulfonamides is 1. The highest BCUT2D eigenvalue weighted by Gasteiger charge is 2.26. The van der Waals surface area contributed by atoms with E-state index in [0.29, 0.717) is 10.8 Å². The molecule has 0 saturated carbocycles. The van der Waals surface area contributed by atoms with Crippen LogP contribution in [-0.4, -0.2) is 51.0 Å². The highest BCUT2D eigenvalue weighted by molar-refractivity contribution is 7.89. The first-order valence-corrected chi connectivity index (χ1v) is 7.48. The third-order valence-electron chi connectivity index (χ3n) is 2.63. The molecular formula is C12H18F2N2O3S. The van der Waals surface area contributed by atoms with Crippen LogP contribution >= 0.6 is 0 Å². The number of hydrogen-bond donors (Lipinski definition) is 2. The summed E-state index contributed by atoms with van der Waals surface area (Å²) in [7, 11) is -2.26. The van der Waals surface area contributed by atoms with Crippen LogP contribution in [0.1, 0.15) is 5.56 Å². The minimum atomic E-state index is -4.02. The number of aliphatic hydroxyl groups is 1. The minimum Gasteiger partial charge on any atom is -0.395 e. The van der Waals surface area contributed by atoms with Gasteiger partial charge in [-0.2, -0.15) is 4.31 Å². The molecule has 0 aliphatic heterocycles. The number of nitrogens with one attached hydrogen (secondary N) is 1. The summed E-state index contributed by atoms with van der Waals surface area (Å²) in [6.45, 7) is -1.21. The molecule has 0 aliphatic rings. The average Bonchev–Trinajstić information content (AvgIpc) is 2.39. The Balaban J connectivity index is 2.99. The van der Waals surface area contributed by atoms with Gasteiger partial charge in [-0.25, -0.2) is 17.2 Å². The van der Waals surface area contributed by atoms with Crippen molar-refractivity contribution in [2.24, 2.45) is 0 Å². The van der Waals surface area contributed by atoms with Gasteiger partial charge in [0.05, 0.1) is 18.0 Å². The topological polar surface area (TPSA) is 69.6 Å². The Bertz CT molecular complexity index is 506. The van der Waals surface area contributed by atoms with E-state index in [4.69, 9.17) is 5.11 Å². The van der Waals surface area contributed by atoms with E-state index in [0.717, 1.165) is 5.56 Å². The van der Waals surface area contributed by atoms with Gasteiger partial charge in [0, 0.05) is 13.1 Å². The van der Waals surface area contributed by atoms with E-state index >= 15 is 0 Å². The molecular weight excluding hydrogens is 290 g/mol. The summed E-state index contributed by atoms with van der Waals surface area (Å²) in [6.07, 6.45) is -2.79. The van der Waals surface area contributed by atoms with E-state index in [2.05, 4.69) is 5.32 Å². The van der Waals surface area contributed by atoms with Gasteiger partial charge in [-0.15, -0.1) is 0 Å². The van der Waals surface area contributed by atoms with Gasteiger partial charge in [0.25, 0.3) is 6.43 Å². The van der Waals surface area contributed by atoms with Crippen molar-refractivity contribution < 1.29 is 22.3 Å². The van der Waals surface area contributed by atoms with Crippen LogP contribution < -0.4 is 5.32 Å². The monoisotopic (exact) mass is 308 g/mol. The molecule has 0 fully saturated rings. The van der Waals surface area contributed by atoms with E-state index in [1.54, 1.807) is 19.2 Å². The van der Waals surface area contributed by atoms with Crippen molar-refractivity contribution in [3.05, 3.63) is 29.8 Å². The Kier molecular flexibility index (Phi) is 6.47. The number of hydrogen-bond acceptors (Lipinski definition) is 4. The summed E-state index contributed by atoms with van der Waals surface area (Å²) in [6, 6.07) is 5.97. The molecule has 5 nitrogen and oxygen atoms in total. The van der Waals surface area contributed by atoms with Gasteiger partial charge in [0.2, 0.25) is 10.0 Å². The van der Waals surface area contributed by atoms with Gasteiger partial charge in [-0.1, -0.05) is 12.1 Å². The van der Waals surface area contributed by atoms with Crippen molar-refractivity contribution in [3.63, 3.8) is 0 Å². The lowest BCUT2D eigenvalue weighted by Gasteiger charge is -2.20. The lowest BCUT2D eigenvalue weighted by atomic mass is 10.2. The molecule has 0 atom stereocenters. The number of aliphatic hydroxyl groups excluding tert-OH is 1. The van der Waals surface area contributed by atoms with Gasteiger partial charge < -0.3 is 10.4 Å². The van der Waals surface area contributed by atoms with Crippen molar-refractivity contribution >= 4 is 10.0 Å². The zero-order valence-corrected chi connectivity index (χ0v) is 11.9. The molecule has 0 bridgehead atoms. The molecule has 1 rings (SSSR count). The van der Waals surface area contributed by atoms with Crippen LogP contribution in [0.3, 0.4) is 0 Å². The van der Waals surface area contributed by atoms with Gasteiger partial charge in [-0.05, 0) is 24.7 Å². The maximum absolute atomic E-state index is 12.4. The zero-order valence-electron chi connectivity index (χ0n) is 11.1. The first kappa shape index (κ1) is 17.0. The maximum Gasteiger partial charge on any atom is 0.252 e. The van der Waals surface area contributed by atoms with Crippen LogP contribution in [0.5, 0.6) is 0 Å². The largest absolute Gasteiger partial charge is 0.395 e. The molecule has 0 heterocycles. The molecule has 0 spiro atoms. The molecule has 0 aromatic heterocycles. The fraction of sp³-hybridized carbons (Fsp3) is 0.500. The molecule has 2 N–H and O–H groups in total. The van der Waals surface area contributed by atoms with Crippen LogP contribution in [-0.2, 0) is 16.6 Å². The van der Waals surface area contributed by atoms with Crippen molar-refractivity contribution in [3.8, 4) is 0 Å². The quantitative estimate of drug-likeness (QED) is 0.740. The standard InChI is InChI=1S/C12H18F2N2O3S/c1-15-8-10-2-4-11(5-3-10)20(18,19)16(6-7-17)9-12(13)14/h2-5,12,15,17H,6-9H2,1H3. The highest BCUT2D eigenvalue weighted by atomic mass is 32.2. The molecule has 0 amide bonds. The van der Waals surface area contributed by atoms with Gasteiger partial charge in [0.1, 0.15) is 0 Å². The Hall–Kier alpha value is -1.09. The third kappa shape index (κ3) is 4.48. The number of alkyl halides is 2. The molecule has 0 aliphatic carbocycles. The molecule has 1 aromatic rings. The SMILES string of the molecule is CNCc1ccc(S(=O)(=O)N(CCO)CC(F)F)cc1. The van der Waals surface area contributed by atoms with Crippen LogP contribution in [0.25, 0.3) is 0 Å². The van der Waals surface area contributed by atoms with E-state index < -0.39 is 29.6 Å². The van der Waals surface area contributed by atoms with Gasteiger partial charge in [-0.3, -0.25) is 0 Å². The third-order valence-corrected chi connectivity index (χ3v) is 4.51. The summed E-state index contributed by atoms with van der Waals surface area (Å²) in [5.41, 5.74) is 0.883. The Morgan fingerprint density at radius 3 is 2.35 bits per heavy atom. The van der Waals surface area contributed by atoms with Crippen LogP contribution in [0, 0.1) is 0 Å². The van der Waals surface area contributed by atoms with Crippen molar-refractivity contribution in [2.45, 2.75) is 17.9 Å². The second-order valence-electron chi connectivity index (χ2n) is 4.15. The lowest BCUT2D eigenvalue weighted by molar-refractivity contribution is 0.113. The molecule has 20 heavy (non-hydrogen) atoms. The predicted molar refractivity (Wildman–Crippen MR) is 71.1 cm³/mol. The van der Waals surface area contributed by atoms with Crippen molar-refractivity contribution in [2.75, 3.05) is 26.7 Å². The molecule has 0 saturated heterocycles. The summed E-state index contributed by atoms with van der Waals surface area (Å²) in [5, 5.41) is 11.7. The fourth-order valence-electron chi connectivity index (χ4n) is 1.71. The number of nitrogens with zero attached hydrogens (tertiary/aromatic N) is 1. The number of rotatable bonds is 8. The Morgan fingerprint density at radius 2 is 1.90 bits per heavy atom. The van der Waals surface area contributed by atoms with Crippen LogP contribution in [0.15, 0.2) is 29.2 Å². The smallest absolute Gasteiger partial charge is 0.252 e. The molecule has 8 heteroatoms. The van der Waals surface area contributed by atoms with Crippen LogP contribution in [0.4, 0.5) is 8.78 Å². The van der Waals surface area contributed by atoms with E-state index in [1.807, 2.05) is 0 Å². The maximum atomic E-state index is 12.4. The second-order valence-corrected chi connectivity index (χ2v) is 6.09. The van der Waals surface area contributed by atoms with Crippen LogP contribution in [0.2, 0.25) is 0 Å². The summed E-state index contributed by atoms with van der Waals surface area (Å²) >= 11 is 0. The van der Waals surface area contributed by atoms with E-state index in [-0.39, 0.29) is 11.4 Å². The fourth-order valence-corrected chi connectivity index (χ4v) is 3.12. The molecule has 1 aromatic carbocycles. The van der Waals surface area contributed by atoms with E-state index in [9.17, 15) is 17.2 Å². The minimum absolute atomic E-state index is 0.0635. The average molecular weight is 308 g/mol. The molecule has 114 valence electrons. The van der Waals surface area contributed by atoms with Gasteiger partial charge in [0.15, 0.2) is 0 Å². The number of benzene rings is 1. The Labute approximate surface area is 117 Å². The van der Waals surface area contributed by atoms with E-state index in [1.165, 1.54) is 12.1 Å². The van der Waals surface area contributed by atoms with Crippen molar-refractivity contribution in [1.29, 1.82) is 0 Å². The first-order valence-electron chi connectivity index (χ1n) is 6.04. The number of halogens is 2. The highest BCUT2D eigenvalue weighted by Crippen LogP contribution is 2.17. The molecule has 0 unspecified atom stereocenters. The summed E-state index contributed by atoms with van der Waals surface area (Å²) in [5.74, 6) is 0. The first-order chi connectivity index (χ1) is 9.41. The zero-order chi connectivity index (χ0) is 15.2. The van der Waals surface area contributed by atoms with Crippen molar-refractivity contribution in [1.82, 2.24) is 9.62 Å². The van der Waals surface area contributed by atoms with Gasteiger partial charge >= 0.3 is 0 Å². The summed E-state index contributed by atoms with van der Waals surface area (Å²) < 4.78 is 49.8. The summed E-state index contributed by atoms with van der Waals surface area (Å²) in [4.78, 5) is -0.0635. The normalized spacial score (nSPS) is 12.3. The molecule has 0 radical (unpaired) electrons.